The molecule has 0 radical (unpaired) electrons. The molecule has 1 atom stereocenters. The molecule has 0 N–H and O–H groups in total. The monoisotopic (exact) mass is 397 g/mol. The van der Waals surface area contributed by atoms with Crippen LogP contribution < -0.4 is 4.74 Å². The first-order valence-electron chi connectivity index (χ1n) is 8.89. The summed E-state index contributed by atoms with van der Waals surface area (Å²) in [6, 6.07) is 17.9. The van der Waals surface area contributed by atoms with Gasteiger partial charge in [0.25, 0.3) is 5.16 Å². The van der Waals surface area contributed by atoms with E-state index in [2.05, 4.69) is 4.98 Å². The van der Waals surface area contributed by atoms with Crippen molar-refractivity contribution < 1.29 is 14.4 Å². The molecule has 1 unspecified atom stereocenters. The lowest BCUT2D eigenvalue weighted by atomic mass is 10.2. The number of imidazole rings is 1. The van der Waals surface area contributed by atoms with Gasteiger partial charge in [-0.15, -0.1) is 0 Å². The predicted molar refractivity (Wildman–Crippen MR) is 105 cm³/mol. The number of nitrogens with zero attached hydrogens (tertiary/aromatic N) is 3. The summed E-state index contributed by atoms with van der Waals surface area (Å²) in [5.41, 5.74) is 2.21. The smallest absolute Gasteiger partial charge is 0.382 e. The number of hydrogen-bond acceptors (Lipinski definition) is 6. The van der Waals surface area contributed by atoms with Crippen LogP contribution in [0.5, 0.6) is 5.75 Å². The molecule has 144 valence electrons. The summed E-state index contributed by atoms with van der Waals surface area (Å²) in [5, 5.41) is 11.6. The van der Waals surface area contributed by atoms with E-state index in [9.17, 15) is 10.1 Å². The van der Waals surface area contributed by atoms with Gasteiger partial charge in [-0.2, -0.15) is 0 Å². The molecule has 0 spiro atoms. The molecule has 8 heteroatoms. The fraction of sp³-hybridized carbons (Fsp3) is 0.250. The Labute approximate surface area is 166 Å². The zero-order valence-electron chi connectivity index (χ0n) is 15.1. The van der Waals surface area contributed by atoms with E-state index >= 15 is 0 Å². The molecule has 0 aliphatic carbocycles. The minimum Gasteiger partial charge on any atom is -0.489 e. The van der Waals surface area contributed by atoms with E-state index in [0.717, 1.165) is 16.9 Å². The lowest BCUT2D eigenvalue weighted by Gasteiger charge is -2.10. The number of thioether (sulfide) groups is 1. The molecule has 1 aliphatic rings. The van der Waals surface area contributed by atoms with Gasteiger partial charge in [-0.05, 0) is 33.2 Å². The molecule has 7 nitrogen and oxygen atoms in total. The third kappa shape index (κ3) is 4.52. The van der Waals surface area contributed by atoms with Crippen LogP contribution in [-0.2, 0) is 24.5 Å². The van der Waals surface area contributed by atoms with Gasteiger partial charge in [0.05, 0.1) is 18.5 Å². The summed E-state index contributed by atoms with van der Waals surface area (Å²) in [4.78, 5) is 14.3. The van der Waals surface area contributed by atoms with E-state index < -0.39 is 4.92 Å². The fourth-order valence-electron chi connectivity index (χ4n) is 2.92. The highest BCUT2D eigenvalue weighted by Gasteiger charge is 2.30. The minimum atomic E-state index is -0.468. The third-order valence-electron chi connectivity index (χ3n) is 4.33. The molecular weight excluding hydrogens is 378 g/mol. The normalized spacial score (nSPS) is 15.4. The Kier molecular flexibility index (Phi) is 5.59. The highest BCUT2D eigenvalue weighted by atomic mass is 32.2. The van der Waals surface area contributed by atoms with Crippen molar-refractivity contribution in [2.75, 3.05) is 6.61 Å². The molecular formula is C20H19N3O4S. The van der Waals surface area contributed by atoms with E-state index in [1.54, 1.807) is 0 Å². The summed E-state index contributed by atoms with van der Waals surface area (Å²) in [5.74, 6) is 0.724. The Morgan fingerprint density at radius 2 is 1.86 bits per heavy atom. The molecule has 4 rings (SSSR count). The molecule has 0 fully saturated rings. The SMILES string of the molecule is O=[N+]([O-])c1cn2c(n1)SC(COCc1ccc(OCc3ccccc3)cc1)C2. The van der Waals surface area contributed by atoms with E-state index in [1.807, 2.05) is 59.2 Å². The van der Waals surface area contributed by atoms with Gasteiger partial charge >= 0.3 is 5.82 Å². The van der Waals surface area contributed by atoms with Crippen molar-refractivity contribution in [1.82, 2.24) is 9.55 Å². The van der Waals surface area contributed by atoms with E-state index in [0.29, 0.717) is 31.5 Å². The van der Waals surface area contributed by atoms with Gasteiger partial charge in [-0.3, -0.25) is 4.57 Å². The van der Waals surface area contributed by atoms with Gasteiger partial charge in [0, 0.05) is 6.54 Å². The fourth-order valence-corrected chi connectivity index (χ4v) is 4.03. The maximum absolute atomic E-state index is 10.7. The summed E-state index contributed by atoms with van der Waals surface area (Å²) < 4.78 is 13.4. The van der Waals surface area contributed by atoms with Gasteiger partial charge in [0.15, 0.2) is 0 Å². The Morgan fingerprint density at radius 3 is 2.57 bits per heavy atom. The lowest BCUT2D eigenvalue weighted by molar-refractivity contribution is -0.389. The number of ether oxygens (including phenoxy) is 2. The number of benzene rings is 2. The van der Waals surface area contributed by atoms with Crippen molar-refractivity contribution in [2.24, 2.45) is 0 Å². The molecule has 0 saturated carbocycles. The standard InChI is InChI=1S/C20H19N3O4S/c24-23(25)19-11-22-10-18(28-20(22)21-19)14-26-12-16-6-8-17(9-7-16)27-13-15-4-2-1-3-5-15/h1-9,11,18H,10,12-14H2. The van der Waals surface area contributed by atoms with Gasteiger partial charge in [0.2, 0.25) is 0 Å². The Bertz CT molecular complexity index is 920. The molecule has 2 heterocycles. The van der Waals surface area contributed by atoms with Gasteiger partial charge < -0.3 is 19.6 Å². The molecule has 0 saturated heterocycles. The second-order valence-electron chi connectivity index (χ2n) is 6.46. The van der Waals surface area contributed by atoms with E-state index in [4.69, 9.17) is 9.47 Å². The Balaban J connectivity index is 1.20. The van der Waals surface area contributed by atoms with Crippen molar-refractivity contribution in [3.63, 3.8) is 0 Å². The van der Waals surface area contributed by atoms with Crippen LogP contribution >= 0.6 is 11.8 Å². The maximum Gasteiger partial charge on any atom is 0.382 e. The molecule has 28 heavy (non-hydrogen) atoms. The molecule has 0 amide bonds. The van der Waals surface area contributed by atoms with Crippen molar-refractivity contribution in [3.05, 3.63) is 82.0 Å². The highest BCUT2D eigenvalue weighted by Crippen LogP contribution is 2.33. The van der Waals surface area contributed by atoms with Crippen molar-refractivity contribution in [1.29, 1.82) is 0 Å². The van der Waals surface area contributed by atoms with Crippen LogP contribution in [-0.4, -0.2) is 26.3 Å². The predicted octanol–water partition coefficient (Wildman–Crippen LogP) is 4.06. The number of aromatic nitrogens is 2. The number of nitro groups is 1. The lowest BCUT2D eigenvalue weighted by Crippen LogP contribution is -2.13. The van der Waals surface area contributed by atoms with Crippen LogP contribution in [0.4, 0.5) is 5.82 Å². The van der Waals surface area contributed by atoms with Crippen LogP contribution in [0, 0.1) is 10.1 Å². The van der Waals surface area contributed by atoms with Crippen LogP contribution in [0.1, 0.15) is 11.1 Å². The zero-order valence-corrected chi connectivity index (χ0v) is 15.9. The quantitative estimate of drug-likeness (QED) is 0.421. The Hall–Kier alpha value is -2.84. The summed E-state index contributed by atoms with van der Waals surface area (Å²) >= 11 is 1.52. The molecule has 3 aromatic rings. The second-order valence-corrected chi connectivity index (χ2v) is 7.73. The first kappa shape index (κ1) is 18.5. The third-order valence-corrected chi connectivity index (χ3v) is 5.49. The van der Waals surface area contributed by atoms with Crippen molar-refractivity contribution >= 4 is 17.6 Å². The second kappa shape index (κ2) is 8.45. The largest absolute Gasteiger partial charge is 0.489 e. The summed E-state index contributed by atoms with van der Waals surface area (Å²) in [6.07, 6.45) is 1.48. The molecule has 1 aliphatic heterocycles. The minimum absolute atomic E-state index is 0.101. The average molecular weight is 397 g/mol. The Morgan fingerprint density at radius 1 is 1.11 bits per heavy atom. The summed E-state index contributed by atoms with van der Waals surface area (Å²) in [6.45, 7) is 2.29. The highest BCUT2D eigenvalue weighted by molar-refractivity contribution is 8.00. The van der Waals surface area contributed by atoms with E-state index in [-0.39, 0.29) is 11.1 Å². The number of rotatable bonds is 8. The first-order chi connectivity index (χ1) is 13.7. The van der Waals surface area contributed by atoms with Gasteiger partial charge in [-0.25, -0.2) is 0 Å². The van der Waals surface area contributed by atoms with Crippen LogP contribution in [0.15, 0.2) is 66.0 Å². The van der Waals surface area contributed by atoms with Crippen LogP contribution in [0.25, 0.3) is 0 Å². The average Bonchev–Trinajstić information content (AvgIpc) is 3.27. The topological polar surface area (TPSA) is 79.4 Å². The molecule has 1 aromatic heterocycles. The first-order valence-corrected chi connectivity index (χ1v) is 9.77. The van der Waals surface area contributed by atoms with E-state index in [1.165, 1.54) is 18.0 Å². The van der Waals surface area contributed by atoms with Crippen molar-refractivity contribution in [2.45, 2.75) is 30.2 Å². The molecule has 2 aromatic carbocycles. The van der Waals surface area contributed by atoms with Crippen molar-refractivity contribution in [3.8, 4) is 5.75 Å². The number of hydrogen-bond donors (Lipinski definition) is 0. The summed E-state index contributed by atoms with van der Waals surface area (Å²) in [7, 11) is 0. The zero-order chi connectivity index (χ0) is 19.3. The van der Waals surface area contributed by atoms with Gasteiger partial charge in [-0.1, -0.05) is 54.2 Å². The maximum atomic E-state index is 10.7. The van der Waals surface area contributed by atoms with Crippen LogP contribution in [0.3, 0.4) is 0 Å². The molecule has 0 bridgehead atoms. The van der Waals surface area contributed by atoms with Crippen LogP contribution in [0.2, 0.25) is 0 Å². The van der Waals surface area contributed by atoms with Gasteiger partial charge in [0.1, 0.15) is 18.6 Å². The number of fused-ring (bicyclic) bond motifs is 1.